The van der Waals surface area contributed by atoms with E-state index in [4.69, 9.17) is 4.74 Å². The quantitative estimate of drug-likeness (QED) is 0.145. The van der Waals surface area contributed by atoms with Gasteiger partial charge in [0.25, 0.3) is 5.69 Å². The summed E-state index contributed by atoms with van der Waals surface area (Å²) in [5, 5.41) is 11.1. The summed E-state index contributed by atoms with van der Waals surface area (Å²) in [5.74, 6) is -4.66. The van der Waals surface area contributed by atoms with Crippen LogP contribution in [-0.2, 0) is 19.1 Å². The maximum absolute atomic E-state index is 14.0. The van der Waals surface area contributed by atoms with Crippen molar-refractivity contribution in [1.29, 1.82) is 0 Å². The number of hydrogen-bond acceptors (Lipinski definition) is 7. The average Bonchev–Trinajstić information content (AvgIpc) is 3.21. The van der Waals surface area contributed by atoms with Gasteiger partial charge in [-0.2, -0.15) is 0 Å². The molecule has 2 bridgehead atoms. The Morgan fingerprint density at radius 3 is 1.80 bits per heavy atom. The van der Waals surface area contributed by atoms with Crippen molar-refractivity contribution in [2.45, 2.75) is 31.7 Å². The fraction of sp³-hybridized carbons (Fsp3) is 0.290. The first-order valence-corrected chi connectivity index (χ1v) is 13.2. The lowest BCUT2D eigenvalue weighted by Crippen LogP contribution is -2.49. The van der Waals surface area contributed by atoms with Crippen molar-refractivity contribution < 1.29 is 28.8 Å². The van der Waals surface area contributed by atoms with Crippen molar-refractivity contribution in [1.82, 2.24) is 4.90 Å². The van der Waals surface area contributed by atoms with Crippen LogP contribution in [-0.4, -0.2) is 46.0 Å². The summed E-state index contributed by atoms with van der Waals surface area (Å²) in [5.41, 5.74) is 3.88. The Morgan fingerprint density at radius 1 is 0.850 bits per heavy atom. The van der Waals surface area contributed by atoms with E-state index in [2.05, 4.69) is 0 Å². The van der Waals surface area contributed by atoms with Crippen molar-refractivity contribution in [3.8, 4) is 0 Å². The summed E-state index contributed by atoms with van der Waals surface area (Å²) >= 11 is 0. The number of imide groups is 1. The molecule has 0 aromatic heterocycles. The van der Waals surface area contributed by atoms with Crippen LogP contribution >= 0.6 is 0 Å². The third kappa shape index (κ3) is 3.76. The number of nitrogens with zero attached hydrogens (tertiary/aromatic N) is 2. The van der Waals surface area contributed by atoms with Gasteiger partial charge in [-0.25, -0.2) is 4.79 Å². The summed E-state index contributed by atoms with van der Waals surface area (Å²) in [4.78, 5) is 65.6. The number of benzene rings is 3. The monoisotopic (exact) mass is 538 g/mol. The maximum Gasteiger partial charge on any atom is 0.330 e. The molecule has 3 aromatic carbocycles. The van der Waals surface area contributed by atoms with E-state index in [1.807, 2.05) is 48.5 Å². The molecule has 9 nitrogen and oxygen atoms in total. The van der Waals surface area contributed by atoms with Crippen LogP contribution in [0, 0.1) is 27.9 Å². The maximum atomic E-state index is 14.0. The zero-order chi connectivity index (χ0) is 28.3. The topological polar surface area (TPSA) is 124 Å². The van der Waals surface area contributed by atoms with Crippen LogP contribution in [0.1, 0.15) is 58.3 Å². The van der Waals surface area contributed by atoms with Gasteiger partial charge in [-0.1, -0.05) is 74.5 Å². The number of ether oxygens (including phenoxy) is 1. The fourth-order valence-corrected chi connectivity index (χ4v) is 6.75. The molecule has 1 aliphatic heterocycles. The van der Waals surface area contributed by atoms with Gasteiger partial charge in [0, 0.05) is 29.5 Å². The normalized spacial score (nSPS) is 22.9. The fourth-order valence-electron chi connectivity index (χ4n) is 6.75. The lowest BCUT2D eigenvalue weighted by atomic mass is 9.55. The number of esters is 1. The van der Waals surface area contributed by atoms with E-state index in [9.17, 15) is 29.3 Å². The molecule has 4 aliphatic rings. The Hall–Kier alpha value is -4.66. The minimum atomic E-state index is -1.21. The first kappa shape index (κ1) is 25.6. The van der Waals surface area contributed by atoms with Gasteiger partial charge in [-0.15, -0.1) is 0 Å². The number of ketones is 1. The zero-order valence-corrected chi connectivity index (χ0v) is 21.9. The molecular weight excluding hydrogens is 512 g/mol. The number of carbonyl (C=O) groups is 4. The Morgan fingerprint density at radius 2 is 1.35 bits per heavy atom. The van der Waals surface area contributed by atoms with Crippen molar-refractivity contribution in [3.05, 3.63) is 111 Å². The zero-order valence-electron chi connectivity index (χ0n) is 21.9. The van der Waals surface area contributed by atoms with Gasteiger partial charge in [0.15, 0.2) is 6.61 Å². The SMILES string of the molecule is CC(C)C(C(=O)OCC(=O)c1cccc([N+](=O)[O-])c1)N1C(=O)C2C3c4ccccc4C(c4ccccc43)C2C1=O. The van der Waals surface area contributed by atoms with Gasteiger partial charge in [0.1, 0.15) is 6.04 Å². The largest absolute Gasteiger partial charge is 0.456 e. The summed E-state index contributed by atoms with van der Waals surface area (Å²) in [7, 11) is 0. The molecule has 3 unspecified atom stereocenters. The van der Waals surface area contributed by atoms with E-state index >= 15 is 0 Å². The Kier molecular flexibility index (Phi) is 6.09. The van der Waals surface area contributed by atoms with Gasteiger partial charge in [-0.3, -0.25) is 29.4 Å². The van der Waals surface area contributed by atoms with E-state index in [1.165, 1.54) is 18.2 Å². The van der Waals surface area contributed by atoms with E-state index in [0.29, 0.717) is 0 Å². The summed E-state index contributed by atoms with van der Waals surface area (Å²) < 4.78 is 5.33. The molecule has 0 radical (unpaired) electrons. The van der Waals surface area contributed by atoms with Crippen LogP contribution in [0.2, 0.25) is 0 Å². The van der Waals surface area contributed by atoms with Crippen LogP contribution in [0.25, 0.3) is 0 Å². The second kappa shape index (κ2) is 9.51. The van der Waals surface area contributed by atoms with Gasteiger partial charge in [0.2, 0.25) is 17.6 Å². The minimum absolute atomic E-state index is 0.0227. The molecule has 0 N–H and O–H groups in total. The Bertz CT molecular complexity index is 1480. The highest BCUT2D eigenvalue weighted by Crippen LogP contribution is 2.61. The molecule has 0 saturated carbocycles. The Balaban J connectivity index is 1.29. The number of amides is 2. The number of nitro groups is 1. The highest BCUT2D eigenvalue weighted by molar-refractivity contribution is 6.10. The molecule has 202 valence electrons. The second-order valence-electron chi connectivity index (χ2n) is 10.8. The van der Waals surface area contributed by atoms with Crippen LogP contribution < -0.4 is 0 Å². The lowest BCUT2D eigenvalue weighted by molar-refractivity contribution is -0.384. The smallest absolute Gasteiger partial charge is 0.330 e. The van der Waals surface area contributed by atoms with Crippen molar-refractivity contribution >= 4 is 29.3 Å². The third-order valence-electron chi connectivity index (χ3n) is 8.36. The van der Waals surface area contributed by atoms with E-state index < -0.39 is 58.9 Å². The molecule has 9 heteroatoms. The average molecular weight is 539 g/mol. The van der Waals surface area contributed by atoms with Gasteiger partial charge in [-0.05, 0) is 28.2 Å². The molecule has 1 saturated heterocycles. The first-order valence-electron chi connectivity index (χ1n) is 13.2. The van der Waals surface area contributed by atoms with Gasteiger partial charge in [0.05, 0.1) is 16.8 Å². The van der Waals surface area contributed by atoms with Crippen molar-refractivity contribution in [2.75, 3.05) is 6.61 Å². The molecule has 1 fully saturated rings. The summed E-state index contributed by atoms with van der Waals surface area (Å²) in [6, 6.07) is 19.7. The lowest BCUT2D eigenvalue weighted by Gasteiger charge is -2.45. The van der Waals surface area contributed by atoms with Crippen molar-refractivity contribution in [3.63, 3.8) is 0 Å². The molecule has 40 heavy (non-hydrogen) atoms. The van der Waals surface area contributed by atoms with Gasteiger partial charge >= 0.3 is 5.97 Å². The predicted molar refractivity (Wildman–Crippen MR) is 142 cm³/mol. The standard InChI is InChI=1S/C31H26N2O7/c1-16(2)28(31(37)40-15-23(34)17-8-7-9-18(14-17)33(38)39)32-29(35)26-24-19-10-3-4-11-20(19)25(27(26)30(32)36)22-13-6-5-12-21(22)24/h3-14,16,24-28H,15H2,1-2H3. The number of rotatable bonds is 7. The van der Waals surface area contributed by atoms with Crippen LogP contribution in [0.4, 0.5) is 5.69 Å². The highest BCUT2D eigenvalue weighted by atomic mass is 16.6. The number of likely N-dealkylation sites (tertiary alicyclic amines) is 1. The highest BCUT2D eigenvalue weighted by Gasteiger charge is 2.63. The van der Waals surface area contributed by atoms with Crippen LogP contribution in [0.15, 0.2) is 72.8 Å². The molecule has 1 heterocycles. The second-order valence-corrected chi connectivity index (χ2v) is 10.8. The number of nitro benzene ring substituents is 1. The Labute approximate surface area is 229 Å². The molecule has 0 spiro atoms. The molecule has 7 rings (SSSR count). The first-order chi connectivity index (χ1) is 19.2. The summed E-state index contributed by atoms with van der Waals surface area (Å²) in [6.07, 6.45) is 0. The minimum Gasteiger partial charge on any atom is -0.456 e. The molecular formula is C31H26N2O7. The van der Waals surface area contributed by atoms with Crippen molar-refractivity contribution in [2.24, 2.45) is 17.8 Å². The van der Waals surface area contributed by atoms with Crippen LogP contribution in [0.5, 0.6) is 0 Å². The summed E-state index contributed by atoms with van der Waals surface area (Å²) in [6.45, 7) is 2.76. The van der Waals surface area contributed by atoms with E-state index in [-0.39, 0.29) is 23.1 Å². The number of hydrogen-bond donors (Lipinski definition) is 0. The number of Topliss-reactive ketones (excluding diaryl/α,β-unsaturated/α-hetero) is 1. The van der Waals surface area contributed by atoms with Crippen LogP contribution in [0.3, 0.4) is 0 Å². The molecule has 3 atom stereocenters. The van der Waals surface area contributed by atoms with E-state index in [0.717, 1.165) is 33.2 Å². The molecule has 3 aromatic rings. The third-order valence-corrected chi connectivity index (χ3v) is 8.36. The number of carbonyl (C=O) groups excluding carboxylic acids is 4. The van der Waals surface area contributed by atoms with Gasteiger partial charge < -0.3 is 4.74 Å². The number of non-ortho nitro benzene ring substituents is 1. The van der Waals surface area contributed by atoms with E-state index in [1.54, 1.807) is 13.8 Å². The molecule has 2 amide bonds. The predicted octanol–water partition coefficient (Wildman–Crippen LogP) is 4.24. The molecule has 3 aliphatic carbocycles.